The summed E-state index contributed by atoms with van der Waals surface area (Å²) in [5.74, 6) is -0.935. The highest BCUT2D eigenvalue weighted by Gasteiger charge is 2.43. The molecule has 0 aromatic carbocycles. The monoisotopic (exact) mass is 279 g/mol. The van der Waals surface area contributed by atoms with Crippen LogP contribution in [0.15, 0.2) is 11.3 Å². The number of allylic oxidation sites excluding steroid dienone is 1. The largest absolute Gasteiger partial charge is 0.372 e. The van der Waals surface area contributed by atoms with E-state index in [1.807, 2.05) is 6.92 Å². The number of hydrogen-bond acceptors (Lipinski definition) is 4. The second-order valence-corrected chi connectivity index (χ2v) is 5.19. The van der Waals surface area contributed by atoms with Crippen molar-refractivity contribution in [1.82, 2.24) is 14.7 Å². The second-order valence-electron chi connectivity index (χ2n) is 5.19. The summed E-state index contributed by atoms with van der Waals surface area (Å²) in [6.07, 6.45) is 1.64. The zero-order valence-electron chi connectivity index (χ0n) is 12.5. The van der Waals surface area contributed by atoms with Crippen LogP contribution in [0.5, 0.6) is 0 Å². The van der Waals surface area contributed by atoms with Crippen molar-refractivity contribution in [3.63, 3.8) is 0 Å². The van der Waals surface area contributed by atoms with Gasteiger partial charge in [-0.05, 0) is 33.6 Å². The molecule has 6 nitrogen and oxygen atoms in total. The predicted molar refractivity (Wildman–Crippen MR) is 73.7 cm³/mol. The first-order valence-electron chi connectivity index (χ1n) is 7.07. The Morgan fingerprint density at radius 1 is 1.10 bits per heavy atom. The van der Waals surface area contributed by atoms with Crippen LogP contribution in [-0.2, 0) is 9.59 Å². The number of urea groups is 1. The van der Waals surface area contributed by atoms with Crippen LogP contribution < -0.4 is 0 Å². The molecule has 0 radical (unpaired) electrons. The fourth-order valence-corrected chi connectivity index (χ4v) is 2.96. The van der Waals surface area contributed by atoms with Crippen LogP contribution in [0.1, 0.15) is 33.6 Å². The van der Waals surface area contributed by atoms with Gasteiger partial charge in [0.05, 0.1) is 0 Å². The van der Waals surface area contributed by atoms with E-state index in [9.17, 15) is 14.4 Å². The van der Waals surface area contributed by atoms with Crippen LogP contribution in [0.25, 0.3) is 0 Å². The van der Waals surface area contributed by atoms with E-state index in [0.717, 1.165) is 28.5 Å². The smallest absolute Gasteiger partial charge is 0.333 e. The van der Waals surface area contributed by atoms with E-state index in [-0.39, 0.29) is 12.1 Å². The summed E-state index contributed by atoms with van der Waals surface area (Å²) in [4.78, 5) is 41.0. The van der Waals surface area contributed by atoms with Crippen LogP contribution in [0.3, 0.4) is 0 Å². The van der Waals surface area contributed by atoms with Crippen molar-refractivity contribution in [3.05, 3.63) is 11.3 Å². The zero-order valence-corrected chi connectivity index (χ0v) is 12.5. The fraction of sp³-hybridized carbons (Fsp3) is 0.643. The van der Waals surface area contributed by atoms with E-state index in [4.69, 9.17) is 0 Å². The third-order valence-electron chi connectivity index (χ3n) is 4.12. The first-order chi connectivity index (χ1) is 9.43. The minimum atomic E-state index is -0.541. The molecule has 0 spiro atoms. The standard InChI is InChI=1S/C14H21N3O3/c1-5-16-9(3)7-8-10(16)11-12(18)15(4)14(20)17(6-2)13(11)19/h9H,5-8H2,1-4H3/b11-10-. The maximum Gasteiger partial charge on any atom is 0.333 e. The van der Waals surface area contributed by atoms with Crippen molar-refractivity contribution >= 4 is 17.8 Å². The SMILES string of the molecule is CCN1C(=O)/C(=C2/CCC(C)N2CC)C(=O)N(C)C1=O. The Balaban J connectivity index is 2.51. The summed E-state index contributed by atoms with van der Waals surface area (Å²) >= 11 is 0. The van der Waals surface area contributed by atoms with Crippen LogP contribution in [0.4, 0.5) is 4.79 Å². The third kappa shape index (κ3) is 1.99. The molecular formula is C14H21N3O3. The molecule has 6 heteroatoms. The molecule has 0 N–H and O–H groups in total. The molecule has 0 saturated carbocycles. The lowest BCUT2D eigenvalue weighted by Gasteiger charge is -2.33. The molecule has 110 valence electrons. The number of hydrogen-bond donors (Lipinski definition) is 0. The number of amides is 4. The minimum absolute atomic E-state index is 0.167. The molecule has 4 amide bonds. The Bertz CT molecular complexity index is 498. The van der Waals surface area contributed by atoms with Crippen molar-refractivity contribution < 1.29 is 14.4 Å². The van der Waals surface area contributed by atoms with Crippen LogP contribution in [0, 0.1) is 0 Å². The van der Waals surface area contributed by atoms with Gasteiger partial charge in [0.1, 0.15) is 5.57 Å². The summed E-state index contributed by atoms with van der Waals surface area (Å²) in [6.45, 7) is 6.85. The molecule has 1 atom stereocenters. The normalized spacial score (nSPS) is 27.9. The molecule has 0 aromatic heterocycles. The van der Waals surface area contributed by atoms with E-state index < -0.39 is 17.8 Å². The summed E-state index contributed by atoms with van der Waals surface area (Å²) in [5, 5.41) is 0. The van der Waals surface area contributed by atoms with Crippen LogP contribution in [-0.4, -0.2) is 58.7 Å². The molecule has 2 fully saturated rings. The summed E-state index contributed by atoms with van der Waals surface area (Å²) in [7, 11) is 1.43. The molecule has 2 aliphatic heterocycles. The topological polar surface area (TPSA) is 60.9 Å². The lowest BCUT2D eigenvalue weighted by Crippen LogP contribution is -2.55. The molecule has 2 aliphatic rings. The van der Waals surface area contributed by atoms with Gasteiger partial charge < -0.3 is 4.90 Å². The Labute approximate surface area is 119 Å². The first kappa shape index (κ1) is 14.6. The van der Waals surface area contributed by atoms with E-state index in [1.54, 1.807) is 6.92 Å². The zero-order chi connectivity index (χ0) is 15.0. The van der Waals surface area contributed by atoms with Gasteiger partial charge in [-0.3, -0.25) is 19.4 Å². The summed E-state index contributed by atoms with van der Waals surface area (Å²) in [5.41, 5.74) is 0.952. The number of likely N-dealkylation sites (tertiary alicyclic amines) is 1. The van der Waals surface area contributed by atoms with Gasteiger partial charge in [0.25, 0.3) is 11.8 Å². The van der Waals surface area contributed by atoms with Crippen LogP contribution in [0.2, 0.25) is 0 Å². The van der Waals surface area contributed by atoms with Crippen molar-refractivity contribution in [2.45, 2.75) is 39.7 Å². The molecule has 2 saturated heterocycles. The maximum absolute atomic E-state index is 12.5. The highest BCUT2D eigenvalue weighted by atomic mass is 16.2. The average Bonchev–Trinajstić information content (AvgIpc) is 2.78. The Morgan fingerprint density at radius 2 is 1.75 bits per heavy atom. The van der Waals surface area contributed by atoms with Crippen molar-refractivity contribution in [2.75, 3.05) is 20.1 Å². The predicted octanol–water partition coefficient (Wildman–Crippen LogP) is 1.19. The summed E-state index contributed by atoms with van der Waals surface area (Å²) in [6, 6.07) is -0.220. The Kier molecular flexibility index (Phi) is 3.83. The molecule has 20 heavy (non-hydrogen) atoms. The van der Waals surface area contributed by atoms with Gasteiger partial charge in [0, 0.05) is 31.9 Å². The van der Waals surface area contributed by atoms with Crippen molar-refractivity contribution in [3.8, 4) is 0 Å². The quantitative estimate of drug-likeness (QED) is 0.562. The van der Waals surface area contributed by atoms with E-state index in [1.165, 1.54) is 7.05 Å². The van der Waals surface area contributed by atoms with Gasteiger partial charge >= 0.3 is 6.03 Å². The van der Waals surface area contributed by atoms with Gasteiger partial charge in [-0.1, -0.05) is 0 Å². The maximum atomic E-state index is 12.5. The lowest BCUT2D eigenvalue weighted by molar-refractivity contribution is -0.135. The van der Waals surface area contributed by atoms with Gasteiger partial charge in [-0.15, -0.1) is 0 Å². The number of carbonyl (C=O) groups excluding carboxylic acids is 3. The van der Waals surface area contributed by atoms with Gasteiger partial charge in [-0.25, -0.2) is 4.79 Å². The van der Waals surface area contributed by atoms with Crippen LogP contribution >= 0.6 is 0 Å². The highest BCUT2D eigenvalue weighted by Crippen LogP contribution is 2.32. The summed E-state index contributed by atoms with van der Waals surface area (Å²) < 4.78 is 0. The second kappa shape index (κ2) is 5.26. The van der Waals surface area contributed by atoms with E-state index in [0.29, 0.717) is 12.5 Å². The Hall–Kier alpha value is -1.85. The van der Waals surface area contributed by atoms with Gasteiger partial charge in [0.2, 0.25) is 0 Å². The van der Waals surface area contributed by atoms with Gasteiger partial charge in [0.15, 0.2) is 0 Å². The third-order valence-corrected chi connectivity index (χ3v) is 4.12. The van der Waals surface area contributed by atoms with E-state index >= 15 is 0 Å². The van der Waals surface area contributed by atoms with E-state index in [2.05, 4.69) is 11.8 Å². The molecule has 2 rings (SSSR count). The Morgan fingerprint density at radius 3 is 2.30 bits per heavy atom. The molecule has 0 aliphatic carbocycles. The number of rotatable bonds is 2. The van der Waals surface area contributed by atoms with Crippen molar-refractivity contribution in [1.29, 1.82) is 0 Å². The number of barbiturate groups is 1. The number of carbonyl (C=O) groups is 3. The molecule has 1 unspecified atom stereocenters. The number of imide groups is 2. The average molecular weight is 279 g/mol. The lowest BCUT2D eigenvalue weighted by atomic mass is 10.1. The molecular weight excluding hydrogens is 258 g/mol. The molecule has 0 bridgehead atoms. The molecule has 0 aromatic rings. The van der Waals surface area contributed by atoms with Gasteiger partial charge in [-0.2, -0.15) is 0 Å². The fourth-order valence-electron chi connectivity index (χ4n) is 2.96. The minimum Gasteiger partial charge on any atom is -0.372 e. The first-order valence-corrected chi connectivity index (χ1v) is 7.07. The van der Waals surface area contributed by atoms with Crippen molar-refractivity contribution in [2.24, 2.45) is 0 Å². The highest BCUT2D eigenvalue weighted by molar-refractivity contribution is 6.29. The number of likely N-dealkylation sites (N-methyl/N-ethyl adjacent to an activating group) is 2. The molecule has 2 heterocycles. The number of nitrogens with zero attached hydrogens (tertiary/aromatic N) is 3.